The second-order valence-electron chi connectivity index (χ2n) is 7.97. The van der Waals surface area contributed by atoms with Crippen LogP contribution in [0.25, 0.3) is 0 Å². The Morgan fingerprint density at radius 1 is 1.36 bits per heavy atom. The number of aliphatic carboxylic acids is 1. The Morgan fingerprint density at radius 3 is 2.67 bits per heavy atom. The highest BCUT2D eigenvalue weighted by Gasteiger charge is 2.47. The molecule has 0 unspecified atom stereocenters. The smallest absolute Gasteiger partial charge is 0.475 e. The van der Waals surface area contributed by atoms with E-state index in [2.05, 4.69) is 10.1 Å². The lowest BCUT2D eigenvalue weighted by Gasteiger charge is -2.23. The van der Waals surface area contributed by atoms with Crippen LogP contribution < -0.4 is 0 Å². The fraction of sp³-hybridized carbons (Fsp3) is 0.524. The van der Waals surface area contributed by atoms with Crippen LogP contribution in [0.2, 0.25) is 0 Å². The summed E-state index contributed by atoms with van der Waals surface area (Å²) in [5.41, 5.74) is 1.96. The highest BCUT2D eigenvalue weighted by molar-refractivity contribution is 5.96. The van der Waals surface area contributed by atoms with Crippen LogP contribution in [0.4, 0.5) is 13.2 Å². The summed E-state index contributed by atoms with van der Waals surface area (Å²) in [5, 5.41) is 11.0. The molecule has 180 valence electrons. The maximum atomic E-state index is 12.8. The van der Waals surface area contributed by atoms with E-state index in [1.165, 1.54) is 0 Å². The zero-order valence-electron chi connectivity index (χ0n) is 18.1. The van der Waals surface area contributed by atoms with Crippen molar-refractivity contribution in [3.63, 3.8) is 0 Å². The number of halogens is 3. The Morgan fingerprint density at radius 2 is 2.09 bits per heavy atom. The van der Waals surface area contributed by atoms with Gasteiger partial charge in [-0.15, -0.1) is 0 Å². The number of nitrogens with zero attached hydrogens (tertiary/aromatic N) is 3. The molecule has 0 radical (unpaired) electrons. The number of likely N-dealkylation sites (tertiary alicyclic amines) is 1. The molecule has 9 nitrogen and oxygen atoms in total. The molecule has 2 aliphatic rings. The number of hydrogen-bond donors (Lipinski definition) is 1. The molecule has 1 amide bonds. The summed E-state index contributed by atoms with van der Waals surface area (Å²) in [5.74, 6) is -2.22. The van der Waals surface area contributed by atoms with E-state index in [9.17, 15) is 18.0 Å². The SMILES string of the molecule is Cc1noc(C)c1C(=O)N1CC[C@]2(C[C@@H](OCc3cccnc3)CO2)C1.O=C(O)C(F)(F)F. The van der Waals surface area contributed by atoms with Gasteiger partial charge in [-0.05, 0) is 31.9 Å². The Labute approximate surface area is 187 Å². The van der Waals surface area contributed by atoms with Crippen LogP contribution >= 0.6 is 0 Å². The predicted molar refractivity (Wildman–Crippen MR) is 106 cm³/mol. The summed E-state index contributed by atoms with van der Waals surface area (Å²) < 4.78 is 48.9. The summed E-state index contributed by atoms with van der Waals surface area (Å²) in [6.07, 6.45) is 0.156. The number of carboxylic acid groups (broad SMARTS) is 1. The van der Waals surface area contributed by atoms with Crippen molar-refractivity contribution in [3.05, 3.63) is 47.1 Å². The largest absolute Gasteiger partial charge is 0.490 e. The third-order valence-electron chi connectivity index (χ3n) is 5.48. The van der Waals surface area contributed by atoms with Gasteiger partial charge in [-0.3, -0.25) is 9.78 Å². The molecule has 4 rings (SSSR count). The molecule has 2 fully saturated rings. The maximum absolute atomic E-state index is 12.8. The Kier molecular flexibility index (Phi) is 7.38. The van der Waals surface area contributed by atoms with Gasteiger partial charge in [-0.1, -0.05) is 11.2 Å². The van der Waals surface area contributed by atoms with E-state index in [0.717, 1.165) is 18.4 Å². The molecule has 2 aliphatic heterocycles. The number of carbonyl (C=O) groups is 2. The zero-order valence-corrected chi connectivity index (χ0v) is 18.1. The van der Waals surface area contributed by atoms with E-state index in [4.69, 9.17) is 23.9 Å². The van der Waals surface area contributed by atoms with Crippen LogP contribution in [0.3, 0.4) is 0 Å². The standard InChI is InChI=1S/C19H23N3O4.C2HF3O2/c1-13-17(14(2)26-21-13)18(23)22-7-5-19(12-22)8-16(11-25-19)24-10-15-4-3-6-20-9-15;3-2(4,5)1(6)7/h3-4,6,9,16H,5,7-8,10-12H2,1-2H3;(H,6,7)/t16-,19+;/m1./s1. The van der Waals surface area contributed by atoms with Crippen LogP contribution in [-0.2, 0) is 20.9 Å². The minimum Gasteiger partial charge on any atom is -0.475 e. The van der Waals surface area contributed by atoms with E-state index >= 15 is 0 Å². The fourth-order valence-electron chi connectivity index (χ4n) is 3.86. The highest BCUT2D eigenvalue weighted by Crippen LogP contribution is 2.37. The monoisotopic (exact) mass is 471 g/mol. The molecule has 0 aromatic carbocycles. The first kappa shape index (κ1) is 24.6. The van der Waals surface area contributed by atoms with Crippen molar-refractivity contribution in [3.8, 4) is 0 Å². The van der Waals surface area contributed by atoms with Gasteiger partial charge in [-0.25, -0.2) is 4.79 Å². The van der Waals surface area contributed by atoms with Gasteiger partial charge in [0, 0.05) is 25.4 Å². The third-order valence-corrected chi connectivity index (χ3v) is 5.48. The van der Waals surface area contributed by atoms with Crippen LogP contribution in [-0.4, -0.2) is 69.6 Å². The molecule has 33 heavy (non-hydrogen) atoms. The molecule has 2 aromatic heterocycles. The Bertz CT molecular complexity index is 962. The van der Waals surface area contributed by atoms with Crippen LogP contribution in [0.15, 0.2) is 29.0 Å². The van der Waals surface area contributed by atoms with E-state index in [1.54, 1.807) is 20.0 Å². The van der Waals surface area contributed by atoms with Gasteiger partial charge in [0.05, 0.1) is 37.2 Å². The van der Waals surface area contributed by atoms with Gasteiger partial charge in [0.25, 0.3) is 5.91 Å². The number of hydrogen-bond acceptors (Lipinski definition) is 7. The Hall–Kier alpha value is -2.99. The first-order valence-electron chi connectivity index (χ1n) is 10.2. The van der Waals surface area contributed by atoms with Gasteiger partial charge in [0.2, 0.25) is 0 Å². The van der Waals surface area contributed by atoms with Crippen LogP contribution in [0, 0.1) is 13.8 Å². The first-order valence-corrected chi connectivity index (χ1v) is 10.2. The van der Waals surface area contributed by atoms with E-state index in [1.807, 2.05) is 23.2 Å². The van der Waals surface area contributed by atoms with E-state index < -0.39 is 12.1 Å². The van der Waals surface area contributed by atoms with Crippen molar-refractivity contribution < 1.29 is 41.9 Å². The minimum atomic E-state index is -5.08. The Balaban J connectivity index is 0.000000383. The van der Waals surface area contributed by atoms with Gasteiger partial charge in [-0.2, -0.15) is 13.2 Å². The molecule has 0 saturated carbocycles. The minimum absolute atomic E-state index is 0.0264. The third kappa shape index (κ3) is 6.08. The van der Waals surface area contributed by atoms with Crippen molar-refractivity contribution in [2.45, 2.75) is 51.2 Å². The fourth-order valence-corrected chi connectivity index (χ4v) is 3.86. The second kappa shape index (κ2) is 9.87. The molecule has 4 heterocycles. The summed E-state index contributed by atoms with van der Waals surface area (Å²) in [4.78, 5) is 27.7. The van der Waals surface area contributed by atoms with Crippen molar-refractivity contribution >= 4 is 11.9 Å². The number of pyridine rings is 1. The molecule has 0 aliphatic carbocycles. The van der Waals surface area contributed by atoms with Gasteiger partial charge < -0.3 is 24.0 Å². The summed E-state index contributed by atoms with van der Waals surface area (Å²) >= 11 is 0. The summed E-state index contributed by atoms with van der Waals surface area (Å²) in [6.45, 7) is 5.92. The highest BCUT2D eigenvalue weighted by atomic mass is 19.4. The average Bonchev–Trinajstić information content (AvgIpc) is 3.46. The molecular weight excluding hydrogens is 447 g/mol. The number of alkyl halides is 3. The molecule has 12 heteroatoms. The number of rotatable bonds is 4. The predicted octanol–water partition coefficient (Wildman–Crippen LogP) is 2.91. The number of carbonyl (C=O) groups excluding carboxylic acids is 1. The van der Waals surface area contributed by atoms with Gasteiger partial charge in [0.1, 0.15) is 11.3 Å². The van der Waals surface area contributed by atoms with Crippen molar-refractivity contribution in [2.75, 3.05) is 19.7 Å². The number of aromatic nitrogens is 2. The van der Waals surface area contributed by atoms with Crippen molar-refractivity contribution in [1.82, 2.24) is 15.0 Å². The lowest BCUT2D eigenvalue weighted by atomic mass is 9.98. The molecular formula is C21H24F3N3O6. The van der Waals surface area contributed by atoms with Gasteiger partial charge in [0.15, 0.2) is 0 Å². The van der Waals surface area contributed by atoms with Gasteiger partial charge >= 0.3 is 12.1 Å². The quantitative estimate of drug-likeness (QED) is 0.724. The lowest BCUT2D eigenvalue weighted by molar-refractivity contribution is -0.192. The molecule has 2 saturated heterocycles. The average molecular weight is 471 g/mol. The molecule has 1 spiro atoms. The zero-order chi connectivity index (χ0) is 24.2. The topological polar surface area (TPSA) is 115 Å². The molecule has 2 aromatic rings. The molecule has 2 atom stereocenters. The van der Waals surface area contributed by atoms with Crippen LogP contribution in [0.5, 0.6) is 0 Å². The second-order valence-corrected chi connectivity index (χ2v) is 7.97. The number of aryl methyl sites for hydroxylation is 2. The molecule has 0 bridgehead atoms. The maximum Gasteiger partial charge on any atom is 0.490 e. The van der Waals surface area contributed by atoms with Crippen LogP contribution in [0.1, 0.15) is 40.2 Å². The van der Waals surface area contributed by atoms with E-state index in [0.29, 0.717) is 43.3 Å². The number of amides is 1. The molecule has 1 N–H and O–H groups in total. The summed E-state index contributed by atoms with van der Waals surface area (Å²) in [7, 11) is 0. The van der Waals surface area contributed by atoms with Crippen molar-refractivity contribution in [2.24, 2.45) is 0 Å². The number of ether oxygens (including phenoxy) is 2. The lowest BCUT2D eigenvalue weighted by Crippen LogP contribution is -2.36. The van der Waals surface area contributed by atoms with E-state index in [-0.39, 0.29) is 17.6 Å². The number of carboxylic acids is 1. The van der Waals surface area contributed by atoms with Crippen molar-refractivity contribution in [1.29, 1.82) is 0 Å². The normalized spacial score (nSPS) is 22.3. The summed E-state index contributed by atoms with van der Waals surface area (Å²) in [6, 6.07) is 3.90. The first-order chi connectivity index (χ1) is 15.5.